The van der Waals surface area contributed by atoms with Gasteiger partial charge in [-0.1, -0.05) is 24.3 Å². The lowest BCUT2D eigenvalue weighted by atomic mass is 9.99. The van der Waals surface area contributed by atoms with Crippen LogP contribution in [0.2, 0.25) is 0 Å². The van der Waals surface area contributed by atoms with Gasteiger partial charge in [0.15, 0.2) is 0 Å². The molecule has 5 rings (SSSR count). The summed E-state index contributed by atoms with van der Waals surface area (Å²) < 4.78 is 5.91. The third-order valence-corrected chi connectivity index (χ3v) is 5.62. The minimum atomic E-state index is -0.0771. The molecule has 0 bridgehead atoms. The lowest BCUT2D eigenvalue weighted by Gasteiger charge is -2.32. The quantitative estimate of drug-likeness (QED) is 0.733. The van der Waals surface area contributed by atoms with Gasteiger partial charge in [-0.2, -0.15) is 4.99 Å². The molecule has 3 N–H and O–H groups in total. The standard InChI is InChI=1S/C22H25N5O2/c1-2-29-21-20-19(25-22(26-21)27-11-9-23-10-12-27)17-8-5-15(13-18(17)24-20)14-3-6-16(28)7-4-14/h3-8,13,19-20,23-24,28H,2,9-12H2,1H3. The highest BCUT2D eigenvalue weighted by molar-refractivity contribution is 6.01. The normalized spacial score (nSPS) is 22.9. The average molecular weight is 391 g/mol. The highest BCUT2D eigenvalue weighted by Crippen LogP contribution is 2.41. The molecule has 0 amide bonds. The SMILES string of the molecule is CCOC1=NC(N2CCNCC2)=NC2c3ccc(-c4ccc(O)cc4)cc3NC12. The Morgan fingerprint density at radius 2 is 1.86 bits per heavy atom. The highest BCUT2D eigenvalue weighted by Gasteiger charge is 2.40. The van der Waals surface area contributed by atoms with Crippen LogP contribution >= 0.6 is 0 Å². The molecule has 7 heteroatoms. The van der Waals surface area contributed by atoms with E-state index >= 15 is 0 Å². The number of nitrogens with one attached hydrogen (secondary N) is 2. The maximum absolute atomic E-state index is 9.55. The maximum atomic E-state index is 9.55. The highest BCUT2D eigenvalue weighted by atomic mass is 16.5. The summed E-state index contributed by atoms with van der Waals surface area (Å²) in [7, 11) is 0. The molecular weight excluding hydrogens is 366 g/mol. The van der Waals surface area contributed by atoms with Crippen LogP contribution in [0, 0.1) is 0 Å². The summed E-state index contributed by atoms with van der Waals surface area (Å²) in [6.07, 6.45) is 0. The molecule has 0 radical (unpaired) electrons. The smallest absolute Gasteiger partial charge is 0.224 e. The van der Waals surface area contributed by atoms with Crippen molar-refractivity contribution in [1.82, 2.24) is 10.2 Å². The zero-order chi connectivity index (χ0) is 19.8. The van der Waals surface area contributed by atoms with E-state index in [0.29, 0.717) is 12.5 Å². The lowest BCUT2D eigenvalue weighted by molar-refractivity contribution is 0.303. The molecule has 3 heterocycles. The fraction of sp³-hybridized carbons (Fsp3) is 0.364. The van der Waals surface area contributed by atoms with Gasteiger partial charge in [0.1, 0.15) is 17.8 Å². The molecule has 0 saturated carbocycles. The molecule has 0 aromatic heterocycles. The summed E-state index contributed by atoms with van der Waals surface area (Å²) in [4.78, 5) is 12.0. The predicted molar refractivity (Wildman–Crippen MR) is 115 cm³/mol. The second-order valence-electron chi connectivity index (χ2n) is 7.46. The van der Waals surface area contributed by atoms with Gasteiger partial charge in [0.2, 0.25) is 11.9 Å². The molecule has 2 aromatic carbocycles. The summed E-state index contributed by atoms with van der Waals surface area (Å²) in [5.41, 5.74) is 4.38. The average Bonchev–Trinajstić information content (AvgIpc) is 3.13. The molecule has 2 aromatic rings. The van der Waals surface area contributed by atoms with Gasteiger partial charge < -0.3 is 25.4 Å². The van der Waals surface area contributed by atoms with Crippen molar-refractivity contribution in [3.8, 4) is 16.9 Å². The van der Waals surface area contributed by atoms with Gasteiger partial charge >= 0.3 is 0 Å². The number of aromatic hydroxyl groups is 1. The van der Waals surface area contributed by atoms with Crippen LogP contribution in [0.3, 0.4) is 0 Å². The van der Waals surface area contributed by atoms with Gasteiger partial charge in [-0.3, -0.25) is 0 Å². The van der Waals surface area contributed by atoms with Gasteiger partial charge in [-0.25, -0.2) is 4.99 Å². The number of hydrogen-bond acceptors (Lipinski definition) is 7. The van der Waals surface area contributed by atoms with Crippen LogP contribution < -0.4 is 10.6 Å². The number of benzene rings is 2. The fourth-order valence-corrected chi connectivity index (χ4v) is 4.15. The van der Waals surface area contributed by atoms with Gasteiger partial charge in [0.25, 0.3) is 0 Å². The molecule has 7 nitrogen and oxygen atoms in total. The summed E-state index contributed by atoms with van der Waals surface area (Å²) in [5.74, 6) is 1.75. The Hall–Kier alpha value is -3.06. The van der Waals surface area contributed by atoms with Crippen molar-refractivity contribution in [3.05, 3.63) is 48.0 Å². The first-order valence-corrected chi connectivity index (χ1v) is 10.2. The lowest BCUT2D eigenvalue weighted by Crippen LogP contribution is -2.48. The fourth-order valence-electron chi connectivity index (χ4n) is 4.15. The zero-order valence-electron chi connectivity index (χ0n) is 16.4. The number of nitrogens with zero attached hydrogens (tertiary/aromatic N) is 3. The minimum Gasteiger partial charge on any atom is -0.508 e. The predicted octanol–water partition coefficient (Wildman–Crippen LogP) is 2.60. The van der Waals surface area contributed by atoms with Crippen molar-refractivity contribution < 1.29 is 9.84 Å². The zero-order valence-corrected chi connectivity index (χ0v) is 16.4. The van der Waals surface area contributed by atoms with Crippen LogP contribution in [0.5, 0.6) is 5.75 Å². The molecule has 150 valence electrons. The van der Waals surface area contributed by atoms with Crippen LogP contribution in [0.1, 0.15) is 18.5 Å². The number of fused-ring (bicyclic) bond motifs is 3. The first kappa shape index (κ1) is 18.0. The molecule has 29 heavy (non-hydrogen) atoms. The monoisotopic (exact) mass is 391 g/mol. The summed E-state index contributed by atoms with van der Waals surface area (Å²) in [5, 5.41) is 16.5. The molecule has 1 saturated heterocycles. The van der Waals surface area contributed by atoms with E-state index in [1.54, 1.807) is 12.1 Å². The number of ether oxygens (including phenoxy) is 1. The van der Waals surface area contributed by atoms with Gasteiger partial charge in [-0.15, -0.1) is 0 Å². The topological polar surface area (TPSA) is 81.5 Å². The number of aliphatic imine (C=N–C) groups is 2. The Morgan fingerprint density at radius 3 is 2.62 bits per heavy atom. The maximum Gasteiger partial charge on any atom is 0.224 e. The first-order valence-electron chi connectivity index (χ1n) is 10.2. The third kappa shape index (κ3) is 3.31. The molecule has 3 aliphatic rings. The Labute approximate surface area is 170 Å². The Kier molecular flexibility index (Phi) is 4.60. The number of anilines is 1. The molecule has 3 aliphatic heterocycles. The Morgan fingerprint density at radius 1 is 1.10 bits per heavy atom. The number of piperazine rings is 1. The van der Waals surface area contributed by atoms with E-state index in [4.69, 9.17) is 14.7 Å². The largest absolute Gasteiger partial charge is 0.508 e. The number of phenolic OH excluding ortho intramolecular Hbond substituents is 1. The summed E-state index contributed by atoms with van der Waals surface area (Å²) >= 11 is 0. The molecule has 1 fully saturated rings. The summed E-state index contributed by atoms with van der Waals surface area (Å²) in [6.45, 7) is 6.25. The second kappa shape index (κ2) is 7.40. The van der Waals surface area contributed by atoms with Crippen LogP contribution in [0.15, 0.2) is 52.4 Å². The molecule has 0 spiro atoms. The first-order chi connectivity index (χ1) is 14.2. The second-order valence-corrected chi connectivity index (χ2v) is 7.46. The van der Waals surface area contributed by atoms with Crippen molar-refractivity contribution >= 4 is 17.5 Å². The van der Waals surface area contributed by atoms with E-state index in [1.807, 2.05) is 19.1 Å². The van der Waals surface area contributed by atoms with Gasteiger partial charge in [0.05, 0.1) is 6.61 Å². The molecule has 2 atom stereocenters. The number of phenols is 1. The van der Waals surface area contributed by atoms with Crippen molar-refractivity contribution in [3.63, 3.8) is 0 Å². The number of rotatable bonds is 2. The Bertz CT molecular complexity index is 964. The number of guanidine groups is 1. The number of hydrogen-bond donors (Lipinski definition) is 3. The van der Waals surface area contributed by atoms with E-state index in [0.717, 1.165) is 54.5 Å². The van der Waals surface area contributed by atoms with Crippen LogP contribution in [-0.2, 0) is 4.74 Å². The van der Waals surface area contributed by atoms with Crippen LogP contribution in [-0.4, -0.2) is 60.7 Å². The van der Waals surface area contributed by atoms with Crippen molar-refractivity contribution in [1.29, 1.82) is 0 Å². The van der Waals surface area contributed by atoms with E-state index < -0.39 is 0 Å². The van der Waals surface area contributed by atoms with Crippen molar-refractivity contribution in [2.75, 3.05) is 38.1 Å². The third-order valence-electron chi connectivity index (χ3n) is 5.62. The summed E-state index contributed by atoms with van der Waals surface area (Å²) in [6, 6.07) is 13.5. The van der Waals surface area contributed by atoms with Crippen molar-refractivity contribution in [2.24, 2.45) is 9.98 Å². The van der Waals surface area contributed by atoms with Gasteiger partial charge in [0, 0.05) is 37.4 Å². The molecule has 2 unspecified atom stereocenters. The minimum absolute atomic E-state index is 0.0391. The van der Waals surface area contributed by atoms with E-state index in [1.165, 1.54) is 0 Å². The Balaban J connectivity index is 1.49. The van der Waals surface area contributed by atoms with E-state index in [-0.39, 0.29) is 17.8 Å². The van der Waals surface area contributed by atoms with Crippen molar-refractivity contribution in [2.45, 2.75) is 19.0 Å². The van der Waals surface area contributed by atoms with E-state index in [2.05, 4.69) is 33.7 Å². The van der Waals surface area contributed by atoms with Crippen LogP contribution in [0.4, 0.5) is 5.69 Å². The molecular formula is C22H25N5O2. The van der Waals surface area contributed by atoms with Crippen LogP contribution in [0.25, 0.3) is 11.1 Å². The van der Waals surface area contributed by atoms with E-state index in [9.17, 15) is 5.11 Å². The molecule has 0 aliphatic carbocycles. The van der Waals surface area contributed by atoms with Gasteiger partial charge in [-0.05, 0) is 36.2 Å².